The molecule has 0 atom stereocenters. The molecule has 1 aliphatic heterocycles. The van der Waals surface area contributed by atoms with Crippen LogP contribution in [0.15, 0.2) is 0 Å². The largest absolute Gasteiger partial charge is 0.481 e. The van der Waals surface area contributed by atoms with Crippen LogP contribution in [0.25, 0.3) is 0 Å². The zero-order valence-electron chi connectivity index (χ0n) is 7.90. The van der Waals surface area contributed by atoms with Gasteiger partial charge in [0.2, 0.25) is 0 Å². The molecule has 1 spiro atoms. The number of aliphatic carboxylic acids is 1. The molecule has 0 aromatic rings. The van der Waals surface area contributed by atoms with E-state index in [9.17, 15) is 13.2 Å². The summed E-state index contributed by atoms with van der Waals surface area (Å²) in [5.41, 5.74) is -0.0508. The third-order valence-electron chi connectivity index (χ3n) is 3.45. The standard InChI is InChI=1S/C9H14O4S/c10-8(11)7-1-3-9(4-2-7)5-14(12,13)6-9/h7H,1-6H2,(H,10,11). The van der Waals surface area contributed by atoms with Gasteiger partial charge in [0, 0.05) is 0 Å². The van der Waals surface area contributed by atoms with Gasteiger partial charge in [0.25, 0.3) is 0 Å². The maximum atomic E-state index is 11.1. The lowest BCUT2D eigenvalue weighted by molar-refractivity contribution is -0.143. The number of hydrogen-bond acceptors (Lipinski definition) is 3. The lowest BCUT2D eigenvalue weighted by Crippen LogP contribution is -2.50. The van der Waals surface area contributed by atoms with Crippen LogP contribution in [-0.2, 0) is 14.6 Å². The summed E-state index contributed by atoms with van der Waals surface area (Å²) in [5, 5.41) is 8.78. The SMILES string of the molecule is O=C(O)C1CCC2(CC1)CS(=O)(=O)C2. The molecule has 0 amide bonds. The fourth-order valence-corrected chi connectivity index (χ4v) is 5.02. The van der Waals surface area contributed by atoms with Crippen LogP contribution in [0.4, 0.5) is 0 Å². The maximum absolute atomic E-state index is 11.1. The average molecular weight is 218 g/mol. The number of carboxylic acids is 1. The summed E-state index contributed by atoms with van der Waals surface area (Å²) < 4.78 is 22.1. The third-order valence-corrected chi connectivity index (χ3v) is 5.55. The van der Waals surface area contributed by atoms with Gasteiger partial charge in [-0.1, -0.05) is 0 Å². The summed E-state index contributed by atoms with van der Waals surface area (Å²) >= 11 is 0. The Kier molecular flexibility index (Phi) is 2.10. The average Bonchev–Trinajstić information content (AvgIpc) is 2.01. The van der Waals surface area contributed by atoms with Crippen molar-refractivity contribution < 1.29 is 18.3 Å². The van der Waals surface area contributed by atoms with E-state index in [-0.39, 0.29) is 22.8 Å². The monoisotopic (exact) mass is 218 g/mol. The van der Waals surface area contributed by atoms with Crippen LogP contribution in [0.2, 0.25) is 0 Å². The van der Waals surface area contributed by atoms with Crippen molar-refractivity contribution in [3.8, 4) is 0 Å². The molecule has 2 fully saturated rings. The van der Waals surface area contributed by atoms with Gasteiger partial charge in [0.05, 0.1) is 17.4 Å². The van der Waals surface area contributed by atoms with Crippen molar-refractivity contribution in [1.82, 2.24) is 0 Å². The highest BCUT2D eigenvalue weighted by atomic mass is 32.2. The smallest absolute Gasteiger partial charge is 0.306 e. The summed E-state index contributed by atoms with van der Waals surface area (Å²) in [6, 6.07) is 0. The molecule has 2 aliphatic rings. The quantitative estimate of drug-likeness (QED) is 0.702. The molecule has 0 bridgehead atoms. The molecule has 0 aromatic carbocycles. The van der Waals surface area contributed by atoms with Crippen LogP contribution in [0.5, 0.6) is 0 Å². The zero-order valence-corrected chi connectivity index (χ0v) is 8.72. The minimum atomic E-state index is -2.77. The summed E-state index contributed by atoms with van der Waals surface area (Å²) in [6.07, 6.45) is 2.82. The van der Waals surface area contributed by atoms with Gasteiger partial charge in [-0.3, -0.25) is 4.79 Å². The molecule has 0 radical (unpaired) electrons. The van der Waals surface area contributed by atoms with E-state index in [2.05, 4.69) is 0 Å². The Hall–Kier alpha value is -0.580. The molecule has 5 heteroatoms. The minimum absolute atomic E-state index is 0.0508. The van der Waals surface area contributed by atoms with Gasteiger partial charge < -0.3 is 5.11 Å². The fraction of sp³-hybridized carbons (Fsp3) is 0.889. The van der Waals surface area contributed by atoms with Crippen molar-refractivity contribution >= 4 is 15.8 Å². The minimum Gasteiger partial charge on any atom is -0.481 e. The van der Waals surface area contributed by atoms with Crippen LogP contribution in [0, 0.1) is 11.3 Å². The van der Waals surface area contributed by atoms with Gasteiger partial charge in [-0.25, -0.2) is 8.42 Å². The van der Waals surface area contributed by atoms with Crippen LogP contribution in [0.1, 0.15) is 25.7 Å². The van der Waals surface area contributed by atoms with Crippen molar-refractivity contribution in [2.75, 3.05) is 11.5 Å². The van der Waals surface area contributed by atoms with Gasteiger partial charge in [-0.15, -0.1) is 0 Å². The highest BCUT2D eigenvalue weighted by Crippen LogP contribution is 2.46. The molecule has 1 aliphatic carbocycles. The van der Waals surface area contributed by atoms with E-state index in [0.717, 1.165) is 12.8 Å². The number of hydrogen-bond donors (Lipinski definition) is 1. The highest BCUT2D eigenvalue weighted by molar-refractivity contribution is 7.92. The van der Waals surface area contributed by atoms with E-state index in [1.807, 2.05) is 0 Å². The second-order valence-electron chi connectivity index (χ2n) is 4.64. The van der Waals surface area contributed by atoms with Crippen molar-refractivity contribution in [3.63, 3.8) is 0 Å². The van der Waals surface area contributed by atoms with Crippen LogP contribution in [-0.4, -0.2) is 31.0 Å². The molecule has 80 valence electrons. The molecular formula is C9H14O4S. The molecule has 1 heterocycles. The Bertz CT molecular complexity index is 335. The topological polar surface area (TPSA) is 71.4 Å². The second-order valence-corrected chi connectivity index (χ2v) is 6.71. The fourth-order valence-electron chi connectivity index (χ4n) is 2.66. The van der Waals surface area contributed by atoms with Gasteiger partial charge >= 0.3 is 5.97 Å². The van der Waals surface area contributed by atoms with Crippen molar-refractivity contribution in [1.29, 1.82) is 0 Å². The molecule has 1 saturated carbocycles. The Morgan fingerprint density at radius 3 is 2.07 bits per heavy atom. The molecule has 14 heavy (non-hydrogen) atoms. The first-order valence-corrected chi connectivity index (χ1v) is 6.68. The normalized spacial score (nSPS) is 29.7. The number of carboxylic acid groups (broad SMARTS) is 1. The lowest BCUT2D eigenvalue weighted by atomic mass is 9.72. The molecular weight excluding hydrogens is 204 g/mol. The molecule has 1 saturated heterocycles. The molecule has 0 aromatic heterocycles. The first-order valence-electron chi connectivity index (χ1n) is 4.86. The number of rotatable bonds is 1. The van der Waals surface area contributed by atoms with E-state index in [1.165, 1.54) is 0 Å². The first-order chi connectivity index (χ1) is 6.43. The molecule has 1 N–H and O–H groups in total. The van der Waals surface area contributed by atoms with E-state index >= 15 is 0 Å². The Labute approximate surface area is 83.2 Å². The highest BCUT2D eigenvalue weighted by Gasteiger charge is 2.50. The van der Waals surface area contributed by atoms with Crippen LogP contribution in [0.3, 0.4) is 0 Å². The van der Waals surface area contributed by atoms with Crippen molar-refractivity contribution in [3.05, 3.63) is 0 Å². The van der Waals surface area contributed by atoms with Crippen LogP contribution >= 0.6 is 0 Å². The third kappa shape index (κ3) is 1.65. The van der Waals surface area contributed by atoms with Crippen LogP contribution < -0.4 is 0 Å². The number of carbonyl (C=O) groups is 1. The van der Waals surface area contributed by atoms with Gasteiger partial charge in [-0.2, -0.15) is 0 Å². The Morgan fingerprint density at radius 2 is 1.71 bits per heavy atom. The molecule has 4 nitrogen and oxygen atoms in total. The van der Waals surface area contributed by atoms with Gasteiger partial charge in [-0.05, 0) is 31.1 Å². The second kappa shape index (κ2) is 2.95. The Balaban J connectivity index is 1.95. The summed E-state index contributed by atoms with van der Waals surface area (Å²) in [6.45, 7) is 0. The zero-order chi connectivity index (χ0) is 10.4. The predicted molar refractivity (Wildman–Crippen MR) is 50.7 cm³/mol. The molecule has 2 rings (SSSR count). The van der Waals surface area contributed by atoms with E-state index in [1.54, 1.807) is 0 Å². The van der Waals surface area contributed by atoms with Crippen molar-refractivity contribution in [2.45, 2.75) is 25.7 Å². The number of sulfone groups is 1. The lowest BCUT2D eigenvalue weighted by Gasteiger charge is -2.45. The summed E-state index contributed by atoms with van der Waals surface area (Å²) in [5.74, 6) is -0.412. The van der Waals surface area contributed by atoms with E-state index in [4.69, 9.17) is 5.11 Å². The van der Waals surface area contributed by atoms with E-state index in [0.29, 0.717) is 12.8 Å². The molecule has 0 unspecified atom stereocenters. The van der Waals surface area contributed by atoms with E-state index < -0.39 is 15.8 Å². The summed E-state index contributed by atoms with van der Waals surface area (Å²) in [4.78, 5) is 10.7. The first kappa shape index (κ1) is 9.96. The predicted octanol–water partition coefficient (Wildman–Crippen LogP) is 0.676. The van der Waals surface area contributed by atoms with Crippen molar-refractivity contribution in [2.24, 2.45) is 11.3 Å². The van der Waals surface area contributed by atoms with Gasteiger partial charge in [0.1, 0.15) is 0 Å². The Morgan fingerprint density at radius 1 is 1.21 bits per heavy atom. The summed E-state index contributed by atoms with van der Waals surface area (Å²) in [7, 11) is -2.77. The van der Waals surface area contributed by atoms with Gasteiger partial charge in [0.15, 0.2) is 9.84 Å². The maximum Gasteiger partial charge on any atom is 0.306 e.